The Kier molecular flexibility index (Phi) is 4.11. The maximum atomic E-state index is 10.9. The quantitative estimate of drug-likeness (QED) is 0.525. The van der Waals surface area contributed by atoms with E-state index in [9.17, 15) is 20.1 Å². The number of carbonyl (C=O) groups is 1. The molecule has 1 aliphatic rings. The summed E-state index contributed by atoms with van der Waals surface area (Å²) in [5.74, 6) is -1.40. The minimum Gasteiger partial charge on any atom is -0.479 e. The van der Waals surface area contributed by atoms with Gasteiger partial charge >= 0.3 is 5.97 Å². The number of aliphatic carboxylic acids is 1. The van der Waals surface area contributed by atoms with Crippen molar-refractivity contribution < 1.29 is 30.0 Å². The van der Waals surface area contributed by atoms with Crippen LogP contribution in [0.15, 0.2) is 17.6 Å². The second-order valence-electron chi connectivity index (χ2n) is 4.17. The zero-order valence-corrected chi connectivity index (χ0v) is 10.8. The first-order chi connectivity index (χ1) is 8.91. The minimum absolute atomic E-state index is 0.497. The van der Waals surface area contributed by atoms with E-state index in [0.717, 1.165) is 11.8 Å². The molecule has 1 aromatic heterocycles. The third-order valence-electron chi connectivity index (χ3n) is 2.81. The van der Waals surface area contributed by atoms with E-state index in [-0.39, 0.29) is 0 Å². The summed E-state index contributed by atoms with van der Waals surface area (Å²) in [5.41, 5.74) is -1.03. The molecule has 4 N–H and O–H groups in total. The Hall–Kier alpha value is -1.13. The normalized spacial score (nSPS) is 35.3. The molecule has 106 valence electrons. The highest BCUT2D eigenvalue weighted by Gasteiger charge is 2.47. The van der Waals surface area contributed by atoms with Crippen LogP contribution in [0.1, 0.15) is 0 Å². The number of ether oxygens (including phenoxy) is 1. The lowest BCUT2D eigenvalue weighted by Gasteiger charge is -2.38. The lowest BCUT2D eigenvalue weighted by Crippen LogP contribution is -2.58. The number of aliphatic hydroxyl groups excluding tert-OH is 3. The molecule has 0 bridgehead atoms. The topological polar surface area (TPSA) is 125 Å². The van der Waals surface area contributed by atoms with Gasteiger partial charge in [0.1, 0.15) is 23.7 Å². The number of thioether (sulfide) groups is 1. The highest BCUT2D eigenvalue weighted by atomic mass is 32.2. The average molecular weight is 290 g/mol. The molecular weight excluding hydrogens is 276 g/mol. The molecular formula is C10H14N2O6S. The average Bonchev–Trinajstić information content (AvgIpc) is 2.75. The van der Waals surface area contributed by atoms with Gasteiger partial charge in [0.05, 0.1) is 0 Å². The van der Waals surface area contributed by atoms with Crippen LogP contribution < -0.4 is 0 Å². The number of rotatable bonds is 3. The van der Waals surface area contributed by atoms with Crippen LogP contribution in [0.4, 0.5) is 0 Å². The fourth-order valence-electron chi connectivity index (χ4n) is 1.72. The van der Waals surface area contributed by atoms with Crippen LogP contribution in [0.5, 0.6) is 0 Å². The van der Waals surface area contributed by atoms with E-state index in [1.165, 1.54) is 6.20 Å². The Balaban J connectivity index is 2.15. The number of aryl methyl sites for hydroxylation is 1. The molecule has 19 heavy (non-hydrogen) atoms. The zero-order chi connectivity index (χ0) is 14.2. The van der Waals surface area contributed by atoms with Crippen LogP contribution in [0, 0.1) is 0 Å². The SMILES string of the molecule is Cn1ccnc1S[C@H]1O[C@H](C(=O)O)[C@H](O)[C@H](O)[C@H]1O. The van der Waals surface area contributed by atoms with Gasteiger partial charge < -0.3 is 29.7 Å². The Labute approximate surface area is 112 Å². The molecule has 0 aliphatic carbocycles. The van der Waals surface area contributed by atoms with Gasteiger partial charge in [-0.05, 0) is 0 Å². The molecule has 0 amide bonds. The number of imidazole rings is 1. The van der Waals surface area contributed by atoms with Crippen molar-refractivity contribution in [3.63, 3.8) is 0 Å². The standard InChI is InChI=1S/C10H14N2O6S/c1-12-3-2-11-10(12)19-9-6(15)4(13)5(14)7(18-9)8(16)17/h2-7,9,13-15H,1H3,(H,16,17)/t4-,5+,6+,7-,9+/m0/s1. The van der Waals surface area contributed by atoms with Crippen LogP contribution in [-0.4, -0.2) is 65.8 Å². The van der Waals surface area contributed by atoms with E-state index >= 15 is 0 Å². The third-order valence-corrected chi connectivity index (χ3v) is 4.04. The monoisotopic (exact) mass is 290 g/mol. The van der Waals surface area contributed by atoms with E-state index in [4.69, 9.17) is 9.84 Å². The summed E-state index contributed by atoms with van der Waals surface area (Å²) in [5, 5.41) is 38.4. The lowest BCUT2D eigenvalue weighted by atomic mass is 10.0. The van der Waals surface area contributed by atoms with E-state index < -0.39 is 35.8 Å². The number of carboxylic acids is 1. The van der Waals surface area contributed by atoms with E-state index in [1.807, 2.05) is 0 Å². The van der Waals surface area contributed by atoms with Crippen molar-refractivity contribution in [2.24, 2.45) is 7.05 Å². The summed E-state index contributed by atoms with van der Waals surface area (Å²) < 4.78 is 6.78. The van der Waals surface area contributed by atoms with Gasteiger partial charge in [-0.3, -0.25) is 0 Å². The van der Waals surface area contributed by atoms with Crippen molar-refractivity contribution in [2.45, 2.75) is 35.0 Å². The second kappa shape index (κ2) is 5.47. The molecule has 0 saturated carbocycles. The largest absolute Gasteiger partial charge is 0.479 e. The van der Waals surface area contributed by atoms with Crippen LogP contribution in [0.25, 0.3) is 0 Å². The highest BCUT2D eigenvalue weighted by molar-refractivity contribution is 7.99. The molecule has 8 nitrogen and oxygen atoms in total. The van der Waals surface area contributed by atoms with Gasteiger partial charge in [-0.2, -0.15) is 0 Å². The first-order valence-electron chi connectivity index (χ1n) is 5.48. The highest BCUT2D eigenvalue weighted by Crippen LogP contribution is 2.32. The number of aliphatic hydroxyl groups is 3. The zero-order valence-electron chi connectivity index (χ0n) is 9.95. The summed E-state index contributed by atoms with van der Waals surface area (Å²) in [4.78, 5) is 14.9. The summed E-state index contributed by atoms with van der Waals surface area (Å²) in [6, 6.07) is 0. The number of carboxylic acid groups (broad SMARTS) is 1. The van der Waals surface area contributed by atoms with Gasteiger partial charge in [-0.1, -0.05) is 11.8 Å². The molecule has 1 fully saturated rings. The van der Waals surface area contributed by atoms with Crippen molar-refractivity contribution >= 4 is 17.7 Å². The number of hydrogen-bond donors (Lipinski definition) is 4. The Morgan fingerprint density at radius 1 is 1.37 bits per heavy atom. The number of hydrogen-bond acceptors (Lipinski definition) is 7. The van der Waals surface area contributed by atoms with Crippen molar-refractivity contribution in [1.29, 1.82) is 0 Å². The van der Waals surface area contributed by atoms with Crippen LogP contribution in [0.2, 0.25) is 0 Å². The molecule has 9 heteroatoms. The minimum atomic E-state index is -1.68. The predicted octanol–water partition coefficient (Wildman–Crippen LogP) is -1.60. The van der Waals surface area contributed by atoms with Gasteiger partial charge in [0.15, 0.2) is 11.3 Å². The molecule has 0 unspecified atom stereocenters. The molecule has 0 spiro atoms. The van der Waals surface area contributed by atoms with Crippen LogP contribution in [0.3, 0.4) is 0 Å². The summed E-state index contributed by atoms with van der Waals surface area (Å²) in [6.45, 7) is 0. The smallest absolute Gasteiger partial charge is 0.335 e. The van der Waals surface area contributed by atoms with E-state index in [1.54, 1.807) is 17.8 Å². The van der Waals surface area contributed by atoms with Gasteiger partial charge in [0.25, 0.3) is 0 Å². The van der Waals surface area contributed by atoms with Crippen molar-refractivity contribution in [2.75, 3.05) is 0 Å². The maximum absolute atomic E-state index is 10.9. The van der Waals surface area contributed by atoms with Gasteiger partial charge in [0.2, 0.25) is 0 Å². The molecule has 1 saturated heterocycles. The van der Waals surface area contributed by atoms with Gasteiger partial charge in [-0.25, -0.2) is 9.78 Å². The molecule has 0 aromatic carbocycles. The molecule has 0 radical (unpaired) electrons. The van der Waals surface area contributed by atoms with Gasteiger partial charge in [-0.15, -0.1) is 0 Å². The van der Waals surface area contributed by atoms with Crippen molar-refractivity contribution in [3.05, 3.63) is 12.4 Å². The van der Waals surface area contributed by atoms with E-state index in [0.29, 0.717) is 5.16 Å². The maximum Gasteiger partial charge on any atom is 0.335 e. The number of aromatic nitrogens is 2. The molecule has 2 rings (SSSR count). The van der Waals surface area contributed by atoms with Crippen LogP contribution in [-0.2, 0) is 16.6 Å². The molecule has 1 aliphatic heterocycles. The summed E-state index contributed by atoms with van der Waals surface area (Å²) in [6.07, 6.45) is -3.04. The third kappa shape index (κ3) is 2.74. The first kappa shape index (κ1) is 14.3. The number of nitrogens with zero attached hydrogens (tertiary/aromatic N) is 2. The molecule has 5 atom stereocenters. The summed E-state index contributed by atoms with van der Waals surface area (Å²) in [7, 11) is 1.73. The lowest BCUT2D eigenvalue weighted by molar-refractivity contribution is -0.209. The van der Waals surface area contributed by atoms with Crippen molar-refractivity contribution in [1.82, 2.24) is 9.55 Å². The molecule has 1 aromatic rings. The fraction of sp³-hybridized carbons (Fsp3) is 0.600. The molecule has 2 heterocycles. The van der Waals surface area contributed by atoms with E-state index in [2.05, 4.69) is 4.98 Å². The van der Waals surface area contributed by atoms with Crippen LogP contribution >= 0.6 is 11.8 Å². The van der Waals surface area contributed by atoms with Gasteiger partial charge in [0, 0.05) is 19.4 Å². The van der Waals surface area contributed by atoms with Crippen molar-refractivity contribution in [3.8, 4) is 0 Å². The predicted molar refractivity (Wildman–Crippen MR) is 63.4 cm³/mol. The summed E-state index contributed by atoms with van der Waals surface area (Å²) >= 11 is 0.978. The Morgan fingerprint density at radius 3 is 2.58 bits per heavy atom. The second-order valence-corrected chi connectivity index (χ2v) is 5.24. The first-order valence-corrected chi connectivity index (χ1v) is 6.36. The Morgan fingerprint density at radius 2 is 2.05 bits per heavy atom. The fourth-order valence-corrected chi connectivity index (χ4v) is 2.75. The Bertz CT molecular complexity index is 467.